The summed E-state index contributed by atoms with van der Waals surface area (Å²) in [7, 11) is 0. The van der Waals surface area contributed by atoms with E-state index in [0.717, 1.165) is 38.5 Å². The zero-order chi connectivity index (χ0) is 43.0. The summed E-state index contributed by atoms with van der Waals surface area (Å²) in [5.41, 5.74) is 0. The molecular formula is C50H95NO8. The predicted molar refractivity (Wildman–Crippen MR) is 244 cm³/mol. The quantitative estimate of drug-likeness (QED) is 0.0263. The molecule has 1 fully saturated rings. The maximum Gasteiger partial charge on any atom is 0.220 e. The number of carbonyl (C=O) groups is 1. The van der Waals surface area contributed by atoms with Gasteiger partial charge in [-0.25, -0.2) is 0 Å². The summed E-state index contributed by atoms with van der Waals surface area (Å²) in [5.74, 6) is -0.183. The summed E-state index contributed by atoms with van der Waals surface area (Å²) in [4.78, 5) is 13.0. The van der Waals surface area contributed by atoms with Crippen molar-refractivity contribution in [3.05, 3.63) is 24.3 Å². The molecule has 0 radical (unpaired) electrons. The van der Waals surface area contributed by atoms with Gasteiger partial charge in [0.25, 0.3) is 0 Å². The maximum atomic E-state index is 13.0. The van der Waals surface area contributed by atoms with E-state index >= 15 is 0 Å². The highest BCUT2D eigenvalue weighted by molar-refractivity contribution is 5.76. The lowest BCUT2D eigenvalue weighted by molar-refractivity contribution is -0.302. The summed E-state index contributed by atoms with van der Waals surface area (Å²) in [6.07, 6.45) is 42.2. The number of unbranched alkanes of at least 4 members (excludes halogenated alkanes) is 30. The summed E-state index contributed by atoms with van der Waals surface area (Å²) < 4.78 is 11.2. The van der Waals surface area contributed by atoms with Crippen molar-refractivity contribution in [1.82, 2.24) is 5.32 Å². The van der Waals surface area contributed by atoms with E-state index < -0.39 is 49.5 Å². The van der Waals surface area contributed by atoms with Gasteiger partial charge in [0, 0.05) is 6.42 Å². The van der Waals surface area contributed by atoms with Crippen LogP contribution in [0, 0.1) is 0 Å². The molecular weight excluding hydrogens is 743 g/mol. The van der Waals surface area contributed by atoms with Gasteiger partial charge in [0.05, 0.1) is 25.4 Å². The summed E-state index contributed by atoms with van der Waals surface area (Å²) in [6.45, 7) is 3.78. The van der Waals surface area contributed by atoms with Gasteiger partial charge in [-0.05, 0) is 32.1 Å². The first-order valence-electron chi connectivity index (χ1n) is 25.1. The number of allylic oxidation sites excluding steroid dienone is 3. The van der Waals surface area contributed by atoms with Gasteiger partial charge < -0.3 is 40.3 Å². The highest BCUT2D eigenvalue weighted by Crippen LogP contribution is 2.23. The smallest absolute Gasteiger partial charge is 0.220 e. The largest absolute Gasteiger partial charge is 0.394 e. The topological polar surface area (TPSA) is 149 Å². The second-order valence-corrected chi connectivity index (χ2v) is 17.6. The molecule has 0 aromatic heterocycles. The average Bonchev–Trinajstić information content (AvgIpc) is 3.23. The Kier molecular flexibility index (Phi) is 38.4. The van der Waals surface area contributed by atoms with Crippen LogP contribution in [0.2, 0.25) is 0 Å². The number of ether oxygens (including phenoxy) is 2. The minimum absolute atomic E-state index is 0.183. The van der Waals surface area contributed by atoms with E-state index in [1.807, 2.05) is 6.08 Å². The molecule has 0 bridgehead atoms. The first kappa shape index (κ1) is 55.7. The standard InChI is InChI=1S/C50H95NO8/c1-3-5-7-9-11-13-15-17-19-21-22-24-25-27-29-31-33-35-37-39-44(53)43(42-58-50-49(57)48(56)47(55)45(41-52)59-50)51-46(54)40-38-36-34-32-30-28-26-23-20-18-16-14-12-10-8-6-4-2/h29,31,37,39,43-45,47-50,52-53,55-57H,3-28,30,32-36,38,40-42H2,1-2H3,(H,51,54)/b31-29+,39-37+. The van der Waals surface area contributed by atoms with Gasteiger partial charge >= 0.3 is 0 Å². The van der Waals surface area contributed by atoms with Crippen LogP contribution in [0.3, 0.4) is 0 Å². The van der Waals surface area contributed by atoms with Crippen LogP contribution < -0.4 is 5.32 Å². The molecule has 0 spiro atoms. The van der Waals surface area contributed by atoms with Crippen LogP contribution in [0.5, 0.6) is 0 Å². The predicted octanol–water partition coefficient (Wildman–Crippen LogP) is 11.1. The Morgan fingerprint density at radius 1 is 0.559 bits per heavy atom. The van der Waals surface area contributed by atoms with Crippen molar-refractivity contribution in [3.63, 3.8) is 0 Å². The highest BCUT2D eigenvalue weighted by atomic mass is 16.7. The molecule has 9 heteroatoms. The molecule has 1 heterocycles. The molecule has 1 aliphatic rings. The molecule has 0 aromatic carbocycles. The Hall–Kier alpha value is -1.33. The molecule has 9 nitrogen and oxygen atoms in total. The Balaban J connectivity index is 2.33. The normalized spacial score (nSPS) is 20.8. The van der Waals surface area contributed by atoms with E-state index in [9.17, 15) is 30.3 Å². The minimum Gasteiger partial charge on any atom is -0.394 e. The lowest BCUT2D eigenvalue weighted by Gasteiger charge is -2.40. The van der Waals surface area contributed by atoms with Crippen molar-refractivity contribution in [1.29, 1.82) is 0 Å². The fourth-order valence-electron chi connectivity index (χ4n) is 8.00. The molecule has 0 saturated carbocycles. The van der Waals surface area contributed by atoms with Crippen molar-refractivity contribution >= 4 is 5.91 Å². The van der Waals surface area contributed by atoms with Crippen molar-refractivity contribution in [2.45, 2.75) is 275 Å². The SMILES string of the molecule is CCCCCCCCCCCCCCC/C=C/CC/C=C/C(O)C(COC1OC(CO)C(O)C(O)C1O)NC(=O)CCCCCCCCCCCCCCCCCCC. The first-order valence-corrected chi connectivity index (χ1v) is 25.1. The highest BCUT2D eigenvalue weighted by Gasteiger charge is 2.44. The number of rotatable bonds is 42. The lowest BCUT2D eigenvalue weighted by Crippen LogP contribution is -2.60. The Labute approximate surface area is 362 Å². The van der Waals surface area contributed by atoms with Crippen LogP contribution in [-0.2, 0) is 14.3 Å². The van der Waals surface area contributed by atoms with E-state index in [2.05, 4.69) is 31.3 Å². The van der Waals surface area contributed by atoms with Crippen LogP contribution in [0.4, 0.5) is 0 Å². The van der Waals surface area contributed by atoms with E-state index in [4.69, 9.17) is 9.47 Å². The monoisotopic (exact) mass is 838 g/mol. The fourth-order valence-corrected chi connectivity index (χ4v) is 8.00. The Morgan fingerprint density at radius 2 is 0.966 bits per heavy atom. The molecule has 348 valence electrons. The lowest BCUT2D eigenvalue weighted by atomic mass is 9.99. The Morgan fingerprint density at radius 3 is 1.42 bits per heavy atom. The van der Waals surface area contributed by atoms with Gasteiger partial charge in [-0.3, -0.25) is 4.79 Å². The van der Waals surface area contributed by atoms with Gasteiger partial charge in [-0.2, -0.15) is 0 Å². The summed E-state index contributed by atoms with van der Waals surface area (Å²) >= 11 is 0. The van der Waals surface area contributed by atoms with Gasteiger partial charge in [0.1, 0.15) is 24.4 Å². The average molecular weight is 838 g/mol. The molecule has 1 rings (SSSR count). The molecule has 7 atom stereocenters. The number of hydrogen-bond donors (Lipinski definition) is 6. The fraction of sp³-hybridized carbons (Fsp3) is 0.900. The van der Waals surface area contributed by atoms with Crippen LogP contribution >= 0.6 is 0 Å². The van der Waals surface area contributed by atoms with Gasteiger partial charge in [-0.15, -0.1) is 0 Å². The third-order valence-electron chi connectivity index (χ3n) is 12.0. The van der Waals surface area contributed by atoms with Crippen LogP contribution in [0.15, 0.2) is 24.3 Å². The molecule has 0 aromatic rings. The summed E-state index contributed by atoms with van der Waals surface area (Å²) in [6, 6.07) is -0.817. The van der Waals surface area contributed by atoms with Crippen molar-refractivity contribution in [2.75, 3.05) is 13.2 Å². The Bertz CT molecular complexity index is 977. The molecule has 0 aliphatic carbocycles. The molecule has 7 unspecified atom stereocenters. The molecule has 59 heavy (non-hydrogen) atoms. The van der Waals surface area contributed by atoms with Crippen molar-refractivity contribution in [2.24, 2.45) is 0 Å². The van der Waals surface area contributed by atoms with Gasteiger partial charge in [0.15, 0.2) is 6.29 Å². The number of hydrogen-bond acceptors (Lipinski definition) is 8. The van der Waals surface area contributed by atoms with E-state index in [-0.39, 0.29) is 12.5 Å². The number of carbonyl (C=O) groups excluding carboxylic acids is 1. The second-order valence-electron chi connectivity index (χ2n) is 17.6. The second kappa shape index (κ2) is 40.7. The summed E-state index contributed by atoms with van der Waals surface area (Å²) in [5, 5.41) is 54.3. The van der Waals surface area contributed by atoms with Crippen molar-refractivity contribution in [3.8, 4) is 0 Å². The zero-order valence-corrected chi connectivity index (χ0v) is 38.3. The van der Waals surface area contributed by atoms with Gasteiger partial charge in [0.2, 0.25) is 5.91 Å². The first-order chi connectivity index (χ1) is 28.8. The molecule has 1 saturated heterocycles. The van der Waals surface area contributed by atoms with Crippen LogP contribution in [0.25, 0.3) is 0 Å². The van der Waals surface area contributed by atoms with Crippen LogP contribution in [-0.4, -0.2) is 87.5 Å². The third-order valence-corrected chi connectivity index (χ3v) is 12.0. The number of aliphatic hydroxyl groups is 5. The minimum atomic E-state index is -1.57. The number of aliphatic hydroxyl groups excluding tert-OH is 5. The maximum absolute atomic E-state index is 13.0. The molecule has 1 aliphatic heterocycles. The number of nitrogens with one attached hydrogen (secondary N) is 1. The third kappa shape index (κ3) is 31.2. The van der Waals surface area contributed by atoms with Crippen LogP contribution in [0.1, 0.15) is 232 Å². The molecule has 6 N–H and O–H groups in total. The van der Waals surface area contributed by atoms with Gasteiger partial charge in [-0.1, -0.05) is 218 Å². The zero-order valence-electron chi connectivity index (χ0n) is 38.3. The van der Waals surface area contributed by atoms with E-state index in [1.54, 1.807) is 6.08 Å². The van der Waals surface area contributed by atoms with E-state index in [0.29, 0.717) is 6.42 Å². The van der Waals surface area contributed by atoms with E-state index in [1.165, 1.54) is 173 Å². The molecule has 1 amide bonds. The van der Waals surface area contributed by atoms with Crippen molar-refractivity contribution < 1.29 is 39.8 Å². The number of amides is 1.